The number of hydrogen-bond donors (Lipinski definition) is 1. The fraction of sp³-hybridized carbons (Fsp3) is 0.619. The molecular formula is C21H31N3O4S. The molecule has 1 aromatic rings. The van der Waals surface area contributed by atoms with Crippen molar-refractivity contribution in [2.24, 2.45) is 11.8 Å². The van der Waals surface area contributed by atoms with Gasteiger partial charge in [-0.3, -0.25) is 9.59 Å². The number of fused-ring (bicyclic) bond motifs is 1. The highest BCUT2D eigenvalue weighted by Crippen LogP contribution is 2.30. The van der Waals surface area contributed by atoms with Crippen LogP contribution in [-0.2, 0) is 26.0 Å². The molecule has 0 aliphatic carbocycles. The number of nitrogens with one attached hydrogen (secondary N) is 1. The standard InChI is InChI=1S/C21H31N3O4S/c1-4-20(25)24-10-8-17-12-18(5-6-19(17)24)29(27,28)22-9-7-21(26)23-13-15(2)11-16(3)14-23/h5-6,12,15-16,22H,4,7-11,13-14H2,1-3H3. The van der Waals surface area contributed by atoms with Crippen molar-refractivity contribution in [3.63, 3.8) is 0 Å². The van der Waals surface area contributed by atoms with Gasteiger partial charge < -0.3 is 9.80 Å². The van der Waals surface area contributed by atoms with E-state index < -0.39 is 10.0 Å². The van der Waals surface area contributed by atoms with Gasteiger partial charge >= 0.3 is 0 Å². The lowest BCUT2D eigenvalue weighted by Gasteiger charge is -2.35. The van der Waals surface area contributed by atoms with Crippen LogP contribution in [0.25, 0.3) is 0 Å². The SMILES string of the molecule is CCC(=O)N1CCc2cc(S(=O)(=O)NCCC(=O)N3CC(C)CC(C)C3)ccc21. The number of likely N-dealkylation sites (tertiary alicyclic amines) is 1. The Morgan fingerprint density at radius 2 is 1.83 bits per heavy atom. The fourth-order valence-corrected chi connectivity index (χ4v) is 5.48. The van der Waals surface area contributed by atoms with Crippen molar-refractivity contribution >= 4 is 27.5 Å². The van der Waals surface area contributed by atoms with E-state index in [1.54, 1.807) is 17.0 Å². The summed E-state index contributed by atoms with van der Waals surface area (Å²) in [5.41, 5.74) is 1.65. The Kier molecular flexibility index (Phi) is 6.63. The van der Waals surface area contributed by atoms with Crippen LogP contribution in [0.1, 0.15) is 45.6 Å². The average molecular weight is 422 g/mol. The molecule has 8 heteroatoms. The predicted octanol–water partition coefficient (Wildman–Crippen LogP) is 2.16. The van der Waals surface area contributed by atoms with Gasteiger partial charge in [-0.2, -0.15) is 0 Å². The van der Waals surface area contributed by atoms with E-state index in [2.05, 4.69) is 18.6 Å². The molecule has 2 aliphatic heterocycles. The molecule has 0 spiro atoms. The highest BCUT2D eigenvalue weighted by molar-refractivity contribution is 7.89. The highest BCUT2D eigenvalue weighted by atomic mass is 32.2. The van der Waals surface area contributed by atoms with Crippen molar-refractivity contribution in [3.05, 3.63) is 23.8 Å². The lowest BCUT2D eigenvalue weighted by molar-refractivity contribution is -0.133. The largest absolute Gasteiger partial charge is 0.342 e. The predicted molar refractivity (Wildman–Crippen MR) is 112 cm³/mol. The number of hydrogen-bond acceptors (Lipinski definition) is 4. The van der Waals surface area contributed by atoms with Crippen LogP contribution in [0.15, 0.2) is 23.1 Å². The van der Waals surface area contributed by atoms with E-state index in [0.717, 1.165) is 30.8 Å². The Balaban J connectivity index is 1.59. The summed E-state index contributed by atoms with van der Waals surface area (Å²) in [6.45, 7) is 8.25. The summed E-state index contributed by atoms with van der Waals surface area (Å²) in [6.07, 6.45) is 2.34. The van der Waals surface area contributed by atoms with Crippen LogP contribution in [0, 0.1) is 11.8 Å². The van der Waals surface area contributed by atoms with Gasteiger partial charge in [0.15, 0.2) is 0 Å². The molecule has 2 atom stereocenters. The quantitative estimate of drug-likeness (QED) is 0.763. The van der Waals surface area contributed by atoms with Gasteiger partial charge in [0.25, 0.3) is 0 Å². The molecule has 0 aromatic heterocycles. The van der Waals surface area contributed by atoms with Crippen LogP contribution in [0.4, 0.5) is 5.69 Å². The molecule has 1 saturated heterocycles. The zero-order valence-electron chi connectivity index (χ0n) is 17.5. The van der Waals surface area contributed by atoms with Gasteiger partial charge in [-0.05, 0) is 48.4 Å². The number of amides is 2. The van der Waals surface area contributed by atoms with Crippen LogP contribution in [-0.4, -0.2) is 51.3 Å². The maximum absolute atomic E-state index is 12.6. The Morgan fingerprint density at radius 3 is 2.48 bits per heavy atom. The zero-order chi connectivity index (χ0) is 21.2. The van der Waals surface area contributed by atoms with E-state index >= 15 is 0 Å². The van der Waals surface area contributed by atoms with Crippen molar-refractivity contribution in [2.45, 2.75) is 51.3 Å². The van der Waals surface area contributed by atoms with Gasteiger partial charge in [0.1, 0.15) is 0 Å². The molecule has 2 aliphatic rings. The number of sulfonamides is 1. The first-order chi connectivity index (χ1) is 13.7. The molecule has 2 unspecified atom stereocenters. The molecule has 1 aromatic carbocycles. The van der Waals surface area contributed by atoms with Crippen LogP contribution in [0.5, 0.6) is 0 Å². The minimum Gasteiger partial charge on any atom is -0.342 e. The van der Waals surface area contributed by atoms with E-state index in [9.17, 15) is 18.0 Å². The van der Waals surface area contributed by atoms with E-state index in [0.29, 0.717) is 31.2 Å². The number of carbonyl (C=O) groups excluding carboxylic acids is 2. The lowest BCUT2D eigenvalue weighted by Crippen LogP contribution is -2.43. The third-order valence-electron chi connectivity index (χ3n) is 5.71. The Labute approximate surface area is 173 Å². The summed E-state index contributed by atoms with van der Waals surface area (Å²) in [7, 11) is -3.70. The van der Waals surface area contributed by atoms with Crippen molar-refractivity contribution in [2.75, 3.05) is 31.1 Å². The summed E-state index contributed by atoms with van der Waals surface area (Å²) >= 11 is 0. The smallest absolute Gasteiger partial charge is 0.240 e. The van der Waals surface area contributed by atoms with E-state index in [-0.39, 0.29) is 29.7 Å². The number of rotatable bonds is 6. The molecule has 1 N–H and O–H groups in total. The molecule has 0 bridgehead atoms. The number of anilines is 1. The normalized spacial score (nSPS) is 21.9. The van der Waals surface area contributed by atoms with Crippen LogP contribution < -0.4 is 9.62 Å². The minimum atomic E-state index is -3.70. The van der Waals surface area contributed by atoms with Gasteiger partial charge in [0, 0.05) is 44.7 Å². The van der Waals surface area contributed by atoms with Crippen molar-refractivity contribution in [1.29, 1.82) is 0 Å². The second-order valence-electron chi connectivity index (χ2n) is 8.33. The molecule has 3 rings (SSSR count). The van der Waals surface area contributed by atoms with E-state index in [1.165, 1.54) is 6.07 Å². The van der Waals surface area contributed by atoms with Crippen LogP contribution >= 0.6 is 0 Å². The Hall–Kier alpha value is -1.93. The number of benzene rings is 1. The first-order valence-corrected chi connectivity index (χ1v) is 11.9. The zero-order valence-corrected chi connectivity index (χ0v) is 18.3. The van der Waals surface area contributed by atoms with Crippen molar-refractivity contribution < 1.29 is 18.0 Å². The maximum atomic E-state index is 12.6. The summed E-state index contributed by atoms with van der Waals surface area (Å²) in [5.74, 6) is 0.987. The first kappa shape index (κ1) is 21.8. The molecule has 1 fully saturated rings. The van der Waals surface area contributed by atoms with Gasteiger partial charge in [-0.15, -0.1) is 0 Å². The monoisotopic (exact) mass is 421 g/mol. The first-order valence-electron chi connectivity index (χ1n) is 10.4. The number of nitrogens with zero attached hydrogens (tertiary/aromatic N) is 2. The van der Waals surface area contributed by atoms with E-state index in [4.69, 9.17) is 0 Å². The van der Waals surface area contributed by atoms with Gasteiger partial charge in [0.2, 0.25) is 21.8 Å². The third-order valence-corrected chi connectivity index (χ3v) is 7.17. The number of carbonyl (C=O) groups is 2. The van der Waals surface area contributed by atoms with Gasteiger partial charge in [0.05, 0.1) is 4.90 Å². The molecule has 0 saturated carbocycles. The molecule has 2 heterocycles. The minimum absolute atomic E-state index is 0.00577. The maximum Gasteiger partial charge on any atom is 0.240 e. The Morgan fingerprint density at radius 1 is 1.14 bits per heavy atom. The summed E-state index contributed by atoms with van der Waals surface area (Å²) in [6, 6.07) is 4.86. The molecule has 160 valence electrons. The fourth-order valence-electron chi connectivity index (χ4n) is 4.40. The summed E-state index contributed by atoms with van der Waals surface area (Å²) < 4.78 is 27.8. The van der Waals surface area contributed by atoms with Gasteiger partial charge in [-0.25, -0.2) is 13.1 Å². The van der Waals surface area contributed by atoms with Crippen molar-refractivity contribution in [1.82, 2.24) is 9.62 Å². The van der Waals surface area contributed by atoms with Crippen LogP contribution in [0.3, 0.4) is 0 Å². The molecular weight excluding hydrogens is 390 g/mol. The van der Waals surface area contributed by atoms with Crippen LogP contribution in [0.2, 0.25) is 0 Å². The number of piperidine rings is 1. The van der Waals surface area contributed by atoms with Crippen molar-refractivity contribution in [3.8, 4) is 0 Å². The molecule has 29 heavy (non-hydrogen) atoms. The second kappa shape index (κ2) is 8.83. The molecule has 0 radical (unpaired) electrons. The van der Waals surface area contributed by atoms with Gasteiger partial charge in [-0.1, -0.05) is 20.8 Å². The molecule has 2 amide bonds. The van der Waals surface area contributed by atoms with E-state index in [1.807, 2.05) is 11.8 Å². The third kappa shape index (κ3) is 4.98. The topological polar surface area (TPSA) is 86.8 Å². The molecule has 7 nitrogen and oxygen atoms in total. The Bertz CT molecular complexity index is 874. The highest BCUT2D eigenvalue weighted by Gasteiger charge is 2.27. The second-order valence-corrected chi connectivity index (χ2v) is 10.1. The average Bonchev–Trinajstić information content (AvgIpc) is 3.09. The lowest BCUT2D eigenvalue weighted by atomic mass is 9.92. The summed E-state index contributed by atoms with van der Waals surface area (Å²) in [5, 5.41) is 0. The summed E-state index contributed by atoms with van der Waals surface area (Å²) in [4.78, 5) is 28.2.